The van der Waals surface area contributed by atoms with Gasteiger partial charge in [-0.05, 0) is 45.0 Å². The Hall–Kier alpha value is -1.82. The van der Waals surface area contributed by atoms with E-state index < -0.39 is 5.60 Å². The van der Waals surface area contributed by atoms with Gasteiger partial charge in [-0.3, -0.25) is 4.98 Å². The molecule has 1 amide bonds. The lowest BCUT2D eigenvalue weighted by atomic mass is 10.2. The molecule has 6 heteroatoms. The molecule has 1 aliphatic rings. The van der Waals surface area contributed by atoms with Crippen molar-refractivity contribution in [2.45, 2.75) is 38.9 Å². The molecule has 1 unspecified atom stereocenters. The molecule has 1 saturated heterocycles. The third-order valence-corrected chi connectivity index (χ3v) is 4.21. The molecule has 0 aliphatic carbocycles. The van der Waals surface area contributed by atoms with Crippen molar-refractivity contribution in [2.24, 2.45) is 0 Å². The molecule has 1 fully saturated rings. The molecule has 0 radical (unpaired) electrons. The van der Waals surface area contributed by atoms with E-state index in [1.165, 1.54) is 0 Å². The Morgan fingerprint density at radius 2 is 2.12 bits per heavy atom. The quantitative estimate of drug-likeness (QED) is 0.760. The zero-order chi connectivity index (χ0) is 17.3. The van der Waals surface area contributed by atoms with Crippen molar-refractivity contribution in [3.05, 3.63) is 34.9 Å². The molecule has 5 nitrogen and oxygen atoms in total. The van der Waals surface area contributed by atoms with E-state index in [1.54, 1.807) is 11.1 Å². The molecule has 1 aromatic heterocycles. The number of fused-ring (bicyclic) bond motifs is 1. The maximum absolute atomic E-state index is 12.1. The molecule has 2 aromatic rings. The lowest BCUT2D eigenvalue weighted by molar-refractivity contribution is 0.0275. The second-order valence-corrected chi connectivity index (χ2v) is 7.88. The average molecular weight is 393 g/mol. The van der Waals surface area contributed by atoms with Crippen LogP contribution < -0.4 is 4.74 Å². The summed E-state index contributed by atoms with van der Waals surface area (Å²) >= 11 is 3.47. The summed E-state index contributed by atoms with van der Waals surface area (Å²) in [7, 11) is 0. The van der Waals surface area contributed by atoms with E-state index in [0.717, 1.165) is 27.5 Å². The number of benzene rings is 1. The van der Waals surface area contributed by atoms with Crippen LogP contribution in [0.3, 0.4) is 0 Å². The van der Waals surface area contributed by atoms with Crippen LogP contribution in [0.5, 0.6) is 5.75 Å². The van der Waals surface area contributed by atoms with E-state index in [0.29, 0.717) is 13.1 Å². The highest BCUT2D eigenvalue weighted by Gasteiger charge is 2.30. The van der Waals surface area contributed by atoms with Crippen molar-refractivity contribution in [1.82, 2.24) is 9.88 Å². The monoisotopic (exact) mass is 392 g/mol. The number of halogens is 1. The van der Waals surface area contributed by atoms with Crippen molar-refractivity contribution in [2.75, 3.05) is 13.1 Å². The topological polar surface area (TPSA) is 51.7 Å². The van der Waals surface area contributed by atoms with Crippen molar-refractivity contribution in [3.63, 3.8) is 0 Å². The summed E-state index contributed by atoms with van der Waals surface area (Å²) in [6.45, 7) is 6.78. The second-order valence-electron chi connectivity index (χ2n) is 6.96. The fraction of sp³-hybridized carbons (Fsp3) is 0.444. The van der Waals surface area contributed by atoms with Gasteiger partial charge in [-0.25, -0.2) is 4.79 Å². The van der Waals surface area contributed by atoms with Gasteiger partial charge in [0.05, 0.1) is 18.3 Å². The van der Waals surface area contributed by atoms with Gasteiger partial charge in [0.2, 0.25) is 0 Å². The van der Waals surface area contributed by atoms with Crippen molar-refractivity contribution >= 4 is 32.9 Å². The van der Waals surface area contributed by atoms with Gasteiger partial charge in [-0.1, -0.05) is 15.9 Å². The average Bonchev–Trinajstić information content (AvgIpc) is 2.94. The fourth-order valence-electron chi connectivity index (χ4n) is 2.66. The minimum atomic E-state index is -0.480. The van der Waals surface area contributed by atoms with Crippen LogP contribution >= 0.6 is 15.9 Å². The molecule has 1 aliphatic heterocycles. The Labute approximate surface area is 150 Å². The number of hydrogen-bond donors (Lipinski definition) is 0. The number of hydrogen-bond acceptors (Lipinski definition) is 4. The smallest absolute Gasteiger partial charge is 0.410 e. The molecule has 3 rings (SSSR count). The minimum absolute atomic E-state index is 0.0380. The first-order chi connectivity index (χ1) is 11.3. The van der Waals surface area contributed by atoms with E-state index in [-0.39, 0.29) is 12.2 Å². The Morgan fingerprint density at radius 3 is 2.88 bits per heavy atom. The van der Waals surface area contributed by atoms with Crippen LogP contribution in [-0.2, 0) is 4.74 Å². The summed E-state index contributed by atoms with van der Waals surface area (Å²) in [5.41, 5.74) is 0.443. The van der Waals surface area contributed by atoms with Crippen LogP contribution in [0.1, 0.15) is 27.2 Å². The van der Waals surface area contributed by atoms with Gasteiger partial charge in [-0.15, -0.1) is 0 Å². The number of likely N-dealkylation sites (tertiary alicyclic amines) is 1. The number of ether oxygens (including phenoxy) is 2. The van der Waals surface area contributed by atoms with Crippen LogP contribution in [0.25, 0.3) is 10.9 Å². The highest BCUT2D eigenvalue weighted by Crippen LogP contribution is 2.25. The van der Waals surface area contributed by atoms with Crippen LogP contribution in [0.15, 0.2) is 34.9 Å². The summed E-state index contributed by atoms with van der Waals surface area (Å²) in [5, 5.41) is 1.02. The maximum Gasteiger partial charge on any atom is 0.410 e. The number of rotatable bonds is 2. The molecule has 1 aromatic carbocycles. The van der Waals surface area contributed by atoms with E-state index in [4.69, 9.17) is 9.47 Å². The van der Waals surface area contributed by atoms with E-state index in [1.807, 2.05) is 45.0 Å². The first-order valence-corrected chi connectivity index (χ1v) is 8.79. The molecule has 0 spiro atoms. The molecule has 0 saturated carbocycles. The maximum atomic E-state index is 12.1. The highest BCUT2D eigenvalue weighted by atomic mass is 79.9. The van der Waals surface area contributed by atoms with Gasteiger partial charge in [0.15, 0.2) is 0 Å². The summed E-state index contributed by atoms with van der Waals surface area (Å²) in [4.78, 5) is 18.2. The number of aromatic nitrogens is 1. The SMILES string of the molecule is CC(C)(C)OC(=O)N1CCC(Oc2cnc3ccc(Br)cc3c2)C1. The molecule has 128 valence electrons. The van der Waals surface area contributed by atoms with Crippen LogP contribution in [0.2, 0.25) is 0 Å². The summed E-state index contributed by atoms with van der Waals surface area (Å²) in [6, 6.07) is 7.91. The normalized spacial score (nSPS) is 18.0. The lowest BCUT2D eigenvalue weighted by Crippen LogP contribution is -2.36. The van der Waals surface area contributed by atoms with Gasteiger partial charge >= 0.3 is 6.09 Å². The van der Waals surface area contributed by atoms with Crippen LogP contribution in [-0.4, -0.2) is 40.8 Å². The standard InChI is InChI=1S/C18H21BrN2O3/c1-18(2,3)24-17(22)21-7-6-14(11-21)23-15-9-12-8-13(19)4-5-16(12)20-10-15/h4-5,8-10,14H,6-7,11H2,1-3H3. The van der Waals surface area contributed by atoms with Gasteiger partial charge < -0.3 is 14.4 Å². The van der Waals surface area contributed by atoms with Crippen LogP contribution in [0.4, 0.5) is 4.79 Å². The Bertz CT molecular complexity index is 758. The third kappa shape index (κ3) is 4.17. The third-order valence-electron chi connectivity index (χ3n) is 3.72. The summed E-state index contributed by atoms with van der Waals surface area (Å²) in [5.74, 6) is 0.719. The zero-order valence-corrected chi connectivity index (χ0v) is 15.7. The Morgan fingerprint density at radius 1 is 1.33 bits per heavy atom. The zero-order valence-electron chi connectivity index (χ0n) is 14.1. The molecule has 2 heterocycles. The Kier molecular flexibility index (Phi) is 4.67. The molecular weight excluding hydrogens is 372 g/mol. The van der Waals surface area contributed by atoms with Gasteiger partial charge in [0.25, 0.3) is 0 Å². The number of amides is 1. The van der Waals surface area contributed by atoms with E-state index in [2.05, 4.69) is 20.9 Å². The molecule has 1 atom stereocenters. The lowest BCUT2D eigenvalue weighted by Gasteiger charge is -2.24. The minimum Gasteiger partial charge on any atom is -0.487 e. The molecule has 24 heavy (non-hydrogen) atoms. The van der Waals surface area contributed by atoms with Crippen molar-refractivity contribution in [3.8, 4) is 5.75 Å². The predicted molar refractivity (Wildman–Crippen MR) is 96.3 cm³/mol. The van der Waals surface area contributed by atoms with Crippen molar-refractivity contribution < 1.29 is 14.3 Å². The summed E-state index contributed by atoms with van der Waals surface area (Å²) < 4.78 is 12.4. The highest BCUT2D eigenvalue weighted by molar-refractivity contribution is 9.10. The number of nitrogens with zero attached hydrogens (tertiary/aromatic N) is 2. The number of carbonyl (C=O) groups is 1. The Balaban J connectivity index is 1.64. The first kappa shape index (κ1) is 17.0. The van der Waals surface area contributed by atoms with Crippen LogP contribution in [0, 0.1) is 0 Å². The van der Waals surface area contributed by atoms with E-state index >= 15 is 0 Å². The van der Waals surface area contributed by atoms with Gasteiger partial charge in [0, 0.05) is 22.8 Å². The molecule has 0 bridgehead atoms. The largest absolute Gasteiger partial charge is 0.487 e. The number of carbonyl (C=O) groups excluding carboxylic acids is 1. The molecule has 0 N–H and O–H groups in total. The number of pyridine rings is 1. The first-order valence-electron chi connectivity index (χ1n) is 8.00. The van der Waals surface area contributed by atoms with Gasteiger partial charge in [0.1, 0.15) is 17.5 Å². The summed E-state index contributed by atoms with van der Waals surface area (Å²) in [6.07, 6.45) is 2.19. The fourth-order valence-corrected chi connectivity index (χ4v) is 3.03. The van der Waals surface area contributed by atoms with E-state index in [9.17, 15) is 4.79 Å². The second kappa shape index (κ2) is 6.59. The van der Waals surface area contributed by atoms with Crippen molar-refractivity contribution in [1.29, 1.82) is 0 Å². The van der Waals surface area contributed by atoms with Gasteiger partial charge in [-0.2, -0.15) is 0 Å². The molecular formula is C18H21BrN2O3. The predicted octanol–water partition coefficient (Wildman–Crippen LogP) is 4.39.